The van der Waals surface area contributed by atoms with Crippen LogP contribution in [-0.2, 0) is 14.3 Å². The Morgan fingerprint density at radius 3 is 2.44 bits per heavy atom. The molecule has 9 heteroatoms. The lowest BCUT2D eigenvalue weighted by Gasteiger charge is -2.18. The van der Waals surface area contributed by atoms with Crippen molar-refractivity contribution in [3.8, 4) is 11.5 Å². The number of rotatable bonds is 6. The number of esters is 1. The number of halogens is 1. The summed E-state index contributed by atoms with van der Waals surface area (Å²) in [5, 5.41) is -0.519. The van der Waals surface area contributed by atoms with Gasteiger partial charge in [0.05, 0.1) is 29.7 Å². The number of carbonyl (C=O) groups excluding carboxylic acids is 3. The number of imide groups is 1. The maximum atomic E-state index is 12.6. The van der Waals surface area contributed by atoms with Crippen LogP contribution in [0.4, 0.5) is 4.79 Å². The molecule has 0 aromatic heterocycles. The fourth-order valence-electron chi connectivity index (χ4n) is 2.41. The molecule has 2 rings (SSSR count). The van der Waals surface area contributed by atoms with Crippen LogP contribution in [0.5, 0.6) is 11.5 Å². The van der Waals surface area contributed by atoms with Gasteiger partial charge in [-0.05, 0) is 72.2 Å². The molecule has 0 unspecified atom stereocenters. The summed E-state index contributed by atoms with van der Waals surface area (Å²) in [5.74, 6) is -0.151. The molecular formula is C18H20BrNO6S. The van der Waals surface area contributed by atoms with Gasteiger partial charge in [0.15, 0.2) is 11.5 Å². The molecular weight excluding hydrogens is 438 g/mol. The van der Waals surface area contributed by atoms with Gasteiger partial charge >= 0.3 is 5.97 Å². The van der Waals surface area contributed by atoms with Gasteiger partial charge in [0.2, 0.25) is 0 Å². The average Bonchev–Trinajstić information content (AvgIpc) is 2.88. The topological polar surface area (TPSA) is 82.1 Å². The molecule has 7 nitrogen and oxygen atoms in total. The average molecular weight is 458 g/mol. The number of nitrogens with zero attached hydrogens (tertiary/aromatic N) is 1. The Hall–Kier alpha value is -2.00. The molecule has 2 amide bonds. The zero-order valence-electron chi connectivity index (χ0n) is 15.6. The maximum Gasteiger partial charge on any atom is 0.328 e. The van der Waals surface area contributed by atoms with Gasteiger partial charge in [-0.2, -0.15) is 0 Å². The quantitative estimate of drug-likeness (QED) is 0.473. The van der Waals surface area contributed by atoms with Crippen molar-refractivity contribution in [2.45, 2.75) is 32.9 Å². The summed E-state index contributed by atoms with van der Waals surface area (Å²) in [7, 11) is 2.73. The first-order valence-corrected chi connectivity index (χ1v) is 9.69. The van der Waals surface area contributed by atoms with Crippen molar-refractivity contribution >= 4 is 50.9 Å². The van der Waals surface area contributed by atoms with Gasteiger partial charge in [-0.15, -0.1) is 0 Å². The molecule has 1 aliphatic rings. The Balaban J connectivity index is 2.36. The summed E-state index contributed by atoms with van der Waals surface area (Å²) in [6.07, 6.45) is 1.53. The summed E-state index contributed by atoms with van der Waals surface area (Å²) in [6.45, 7) is 5.25. The van der Waals surface area contributed by atoms with Gasteiger partial charge in [-0.25, -0.2) is 4.79 Å². The molecule has 0 aliphatic carbocycles. The van der Waals surface area contributed by atoms with Crippen molar-refractivity contribution in [3.63, 3.8) is 0 Å². The van der Waals surface area contributed by atoms with Crippen molar-refractivity contribution in [1.29, 1.82) is 0 Å². The predicted molar refractivity (Wildman–Crippen MR) is 106 cm³/mol. The van der Waals surface area contributed by atoms with Crippen molar-refractivity contribution in [3.05, 3.63) is 27.1 Å². The van der Waals surface area contributed by atoms with Crippen LogP contribution in [0, 0.1) is 0 Å². The highest BCUT2D eigenvalue weighted by Gasteiger charge is 2.41. The van der Waals surface area contributed by atoms with E-state index in [4.69, 9.17) is 9.47 Å². The van der Waals surface area contributed by atoms with Gasteiger partial charge in [0.1, 0.15) is 6.04 Å². The molecule has 0 N–H and O–H groups in total. The van der Waals surface area contributed by atoms with Crippen LogP contribution < -0.4 is 9.47 Å². The Morgan fingerprint density at radius 1 is 1.22 bits per heavy atom. The minimum absolute atomic E-state index is 0.0441. The second-order valence-electron chi connectivity index (χ2n) is 5.95. The monoisotopic (exact) mass is 457 g/mol. The van der Waals surface area contributed by atoms with E-state index in [2.05, 4.69) is 20.7 Å². The highest BCUT2D eigenvalue weighted by atomic mass is 79.9. The van der Waals surface area contributed by atoms with E-state index >= 15 is 0 Å². The molecule has 0 saturated carbocycles. The zero-order valence-corrected chi connectivity index (χ0v) is 18.0. The SMILES string of the molecule is COC(=O)[C@H](C)N1C(=O)S/C(=C/c2cc(Br)c(OC(C)C)c(OC)c2)C1=O. The third kappa shape index (κ3) is 4.65. The van der Waals surface area contributed by atoms with Gasteiger partial charge in [-0.3, -0.25) is 14.5 Å². The van der Waals surface area contributed by atoms with E-state index in [9.17, 15) is 14.4 Å². The molecule has 1 aromatic rings. The Labute approximate surface area is 170 Å². The van der Waals surface area contributed by atoms with Crippen molar-refractivity contribution in [1.82, 2.24) is 4.90 Å². The van der Waals surface area contributed by atoms with Gasteiger partial charge in [-0.1, -0.05) is 0 Å². The molecule has 1 atom stereocenters. The molecule has 1 aromatic carbocycles. The summed E-state index contributed by atoms with van der Waals surface area (Å²) < 4.78 is 16.4. The molecule has 1 aliphatic heterocycles. The first-order chi connectivity index (χ1) is 12.7. The van der Waals surface area contributed by atoms with Crippen molar-refractivity contribution in [2.24, 2.45) is 0 Å². The summed E-state index contributed by atoms with van der Waals surface area (Å²) in [4.78, 5) is 37.5. The number of benzene rings is 1. The van der Waals surface area contributed by atoms with E-state index in [-0.39, 0.29) is 11.0 Å². The normalized spacial score (nSPS) is 16.9. The third-order valence-electron chi connectivity index (χ3n) is 3.66. The fourth-order valence-corrected chi connectivity index (χ4v) is 3.88. The molecule has 1 heterocycles. The van der Waals surface area contributed by atoms with E-state index in [0.717, 1.165) is 16.7 Å². The molecule has 146 valence electrons. The second kappa shape index (κ2) is 8.79. The number of ether oxygens (including phenoxy) is 3. The van der Waals surface area contributed by atoms with Gasteiger partial charge in [0.25, 0.3) is 11.1 Å². The number of thioether (sulfide) groups is 1. The highest BCUT2D eigenvalue weighted by molar-refractivity contribution is 9.10. The number of methoxy groups -OCH3 is 2. The Morgan fingerprint density at radius 2 is 1.89 bits per heavy atom. The van der Waals surface area contributed by atoms with E-state index in [1.54, 1.807) is 18.2 Å². The molecule has 0 spiro atoms. The highest BCUT2D eigenvalue weighted by Crippen LogP contribution is 2.39. The maximum absolute atomic E-state index is 12.6. The number of hydrogen-bond acceptors (Lipinski definition) is 7. The molecule has 1 saturated heterocycles. The fraction of sp³-hybridized carbons (Fsp3) is 0.389. The lowest BCUT2D eigenvalue weighted by Crippen LogP contribution is -2.42. The Bertz CT molecular complexity index is 807. The summed E-state index contributed by atoms with van der Waals surface area (Å²) in [6, 6.07) is 2.48. The first kappa shape index (κ1) is 21.3. The molecule has 1 fully saturated rings. The summed E-state index contributed by atoms with van der Waals surface area (Å²) in [5.41, 5.74) is 0.644. The van der Waals surface area contributed by atoms with Crippen LogP contribution in [0.3, 0.4) is 0 Å². The van der Waals surface area contributed by atoms with E-state index in [1.807, 2.05) is 13.8 Å². The van der Waals surface area contributed by atoms with Gasteiger partial charge in [0, 0.05) is 0 Å². The number of amides is 2. The minimum Gasteiger partial charge on any atom is -0.493 e. The lowest BCUT2D eigenvalue weighted by atomic mass is 10.1. The van der Waals surface area contributed by atoms with Crippen molar-refractivity contribution < 1.29 is 28.6 Å². The number of hydrogen-bond donors (Lipinski definition) is 0. The smallest absolute Gasteiger partial charge is 0.328 e. The van der Waals surface area contributed by atoms with Crippen LogP contribution in [0.1, 0.15) is 26.3 Å². The van der Waals surface area contributed by atoms with E-state index < -0.39 is 23.2 Å². The molecule has 0 radical (unpaired) electrons. The summed E-state index contributed by atoms with van der Waals surface area (Å²) >= 11 is 4.21. The minimum atomic E-state index is -0.989. The molecule has 0 bridgehead atoms. The van der Waals surface area contributed by atoms with Crippen LogP contribution in [-0.4, -0.2) is 48.4 Å². The molecule has 27 heavy (non-hydrogen) atoms. The third-order valence-corrected chi connectivity index (χ3v) is 5.13. The van der Waals surface area contributed by atoms with E-state index in [0.29, 0.717) is 21.5 Å². The van der Waals surface area contributed by atoms with Gasteiger partial charge < -0.3 is 14.2 Å². The standard InChI is InChI=1S/C18H20BrNO6S/c1-9(2)26-15-12(19)6-11(7-13(15)24-4)8-14-16(21)20(18(23)27-14)10(3)17(22)25-5/h6-10H,1-5H3/b14-8+/t10-/m0/s1. The van der Waals surface area contributed by atoms with Crippen LogP contribution in [0.15, 0.2) is 21.5 Å². The van der Waals surface area contributed by atoms with Crippen LogP contribution >= 0.6 is 27.7 Å². The first-order valence-electron chi connectivity index (χ1n) is 8.08. The van der Waals surface area contributed by atoms with Crippen LogP contribution in [0.25, 0.3) is 6.08 Å². The second-order valence-corrected chi connectivity index (χ2v) is 7.80. The van der Waals surface area contributed by atoms with E-state index in [1.165, 1.54) is 21.1 Å². The largest absolute Gasteiger partial charge is 0.493 e. The Kier molecular flexibility index (Phi) is 6.94. The number of carbonyl (C=O) groups is 3. The lowest BCUT2D eigenvalue weighted by molar-refractivity contribution is -0.148. The predicted octanol–water partition coefficient (Wildman–Crippen LogP) is 3.84. The van der Waals surface area contributed by atoms with Crippen molar-refractivity contribution in [2.75, 3.05) is 14.2 Å². The van der Waals surface area contributed by atoms with Crippen LogP contribution in [0.2, 0.25) is 0 Å². The zero-order chi connectivity index (χ0) is 20.3.